The first-order valence-corrected chi connectivity index (χ1v) is 5.81. The zero-order valence-electron chi connectivity index (χ0n) is 9.41. The van der Waals surface area contributed by atoms with Crippen molar-refractivity contribution >= 4 is 11.6 Å². The van der Waals surface area contributed by atoms with E-state index in [2.05, 4.69) is 0 Å². The van der Waals surface area contributed by atoms with Crippen LogP contribution >= 0.6 is 11.6 Å². The quantitative estimate of drug-likeness (QED) is 0.720. The highest BCUT2D eigenvalue weighted by Gasteiger charge is 2.03. The molecule has 0 radical (unpaired) electrons. The molecule has 0 heterocycles. The summed E-state index contributed by atoms with van der Waals surface area (Å²) in [7, 11) is 0. The molecule has 2 aromatic carbocycles. The Hall–Kier alpha value is -1.54. The topological polar surface area (TPSA) is 9.23 Å². The molecule has 0 N–H and O–H groups in total. The van der Waals surface area contributed by atoms with E-state index in [4.69, 9.17) is 16.3 Å². The summed E-state index contributed by atoms with van der Waals surface area (Å²) in [6, 6.07) is 11.9. The van der Waals surface area contributed by atoms with Gasteiger partial charge in [-0.2, -0.15) is 0 Å². The van der Waals surface area contributed by atoms with Gasteiger partial charge in [-0.1, -0.05) is 18.2 Å². The van der Waals surface area contributed by atoms with Gasteiger partial charge in [-0.3, -0.25) is 0 Å². The fraction of sp³-hybridized carbons (Fsp3) is 0.143. The highest BCUT2D eigenvalue weighted by molar-refractivity contribution is 6.17. The highest BCUT2D eigenvalue weighted by atomic mass is 35.5. The van der Waals surface area contributed by atoms with E-state index in [-0.39, 0.29) is 5.82 Å². The van der Waals surface area contributed by atoms with Crippen molar-refractivity contribution in [1.82, 2.24) is 0 Å². The number of hydrogen-bond acceptors (Lipinski definition) is 1. The van der Waals surface area contributed by atoms with Crippen LogP contribution in [0.3, 0.4) is 0 Å². The minimum Gasteiger partial charge on any atom is -0.457 e. The predicted molar refractivity (Wildman–Crippen MR) is 67.2 cm³/mol. The van der Waals surface area contributed by atoms with Gasteiger partial charge in [-0.25, -0.2) is 4.39 Å². The third-order valence-corrected chi connectivity index (χ3v) is 2.76. The van der Waals surface area contributed by atoms with Crippen molar-refractivity contribution < 1.29 is 9.13 Å². The number of halogens is 2. The molecule has 0 saturated carbocycles. The standard InChI is InChI=1S/C14H12ClFO/c1-10-2-5-12(16)8-14(10)17-13-6-3-11(9-15)4-7-13/h2-8H,9H2,1H3. The van der Waals surface area contributed by atoms with Crippen LogP contribution in [0.4, 0.5) is 4.39 Å². The van der Waals surface area contributed by atoms with Crippen molar-refractivity contribution in [3.8, 4) is 11.5 Å². The smallest absolute Gasteiger partial charge is 0.133 e. The van der Waals surface area contributed by atoms with Gasteiger partial charge in [-0.05, 0) is 36.2 Å². The molecule has 88 valence electrons. The SMILES string of the molecule is Cc1ccc(F)cc1Oc1ccc(CCl)cc1. The van der Waals surface area contributed by atoms with Gasteiger partial charge in [0, 0.05) is 11.9 Å². The van der Waals surface area contributed by atoms with Crippen LogP contribution in [0.25, 0.3) is 0 Å². The summed E-state index contributed by atoms with van der Waals surface area (Å²) in [4.78, 5) is 0. The van der Waals surface area contributed by atoms with E-state index >= 15 is 0 Å². The Morgan fingerprint density at radius 1 is 1.12 bits per heavy atom. The first kappa shape index (κ1) is 11.9. The molecule has 0 aliphatic rings. The molecule has 2 aromatic rings. The van der Waals surface area contributed by atoms with Crippen molar-refractivity contribution in [1.29, 1.82) is 0 Å². The molecule has 0 spiro atoms. The van der Waals surface area contributed by atoms with Gasteiger partial charge in [0.2, 0.25) is 0 Å². The molecule has 0 aliphatic heterocycles. The second-order valence-corrected chi connectivity index (χ2v) is 4.06. The molecule has 3 heteroatoms. The van der Waals surface area contributed by atoms with Crippen molar-refractivity contribution in [2.24, 2.45) is 0 Å². The second-order valence-electron chi connectivity index (χ2n) is 3.79. The van der Waals surface area contributed by atoms with E-state index < -0.39 is 0 Å². The Morgan fingerprint density at radius 2 is 1.82 bits per heavy atom. The summed E-state index contributed by atoms with van der Waals surface area (Å²) in [5, 5.41) is 0. The molecule has 0 fully saturated rings. The minimum atomic E-state index is -0.303. The normalized spacial score (nSPS) is 10.3. The monoisotopic (exact) mass is 250 g/mol. The summed E-state index contributed by atoms with van der Waals surface area (Å²) < 4.78 is 18.7. The number of ether oxygens (including phenoxy) is 1. The fourth-order valence-corrected chi connectivity index (χ4v) is 1.64. The van der Waals surface area contributed by atoms with Crippen LogP contribution in [0.15, 0.2) is 42.5 Å². The van der Waals surface area contributed by atoms with Gasteiger partial charge >= 0.3 is 0 Å². The Balaban J connectivity index is 2.22. The molecular formula is C14H12ClFO. The van der Waals surface area contributed by atoms with Crippen molar-refractivity contribution in [3.63, 3.8) is 0 Å². The fourth-order valence-electron chi connectivity index (χ4n) is 1.46. The van der Waals surface area contributed by atoms with E-state index in [0.29, 0.717) is 17.4 Å². The highest BCUT2D eigenvalue weighted by Crippen LogP contribution is 2.26. The van der Waals surface area contributed by atoms with Gasteiger partial charge in [0.25, 0.3) is 0 Å². The van der Waals surface area contributed by atoms with Gasteiger partial charge in [0.15, 0.2) is 0 Å². The molecule has 0 aromatic heterocycles. The van der Waals surface area contributed by atoms with Gasteiger partial charge in [0.05, 0.1) is 0 Å². The number of hydrogen-bond donors (Lipinski definition) is 0. The number of rotatable bonds is 3. The summed E-state index contributed by atoms with van der Waals surface area (Å²) >= 11 is 5.70. The van der Waals surface area contributed by atoms with E-state index in [1.807, 2.05) is 31.2 Å². The second kappa shape index (κ2) is 5.19. The van der Waals surface area contributed by atoms with Crippen LogP contribution in [0.1, 0.15) is 11.1 Å². The van der Waals surface area contributed by atoms with Crippen LogP contribution in [-0.4, -0.2) is 0 Å². The van der Waals surface area contributed by atoms with E-state index in [1.165, 1.54) is 12.1 Å². The van der Waals surface area contributed by atoms with Crippen molar-refractivity contribution in [2.45, 2.75) is 12.8 Å². The average Bonchev–Trinajstić information content (AvgIpc) is 2.35. The zero-order chi connectivity index (χ0) is 12.3. The Kier molecular flexibility index (Phi) is 3.64. The maximum absolute atomic E-state index is 13.1. The summed E-state index contributed by atoms with van der Waals surface area (Å²) in [6.45, 7) is 1.88. The third-order valence-electron chi connectivity index (χ3n) is 2.46. The van der Waals surface area contributed by atoms with Crippen molar-refractivity contribution in [3.05, 3.63) is 59.4 Å². The first-order chi connectivity index (χ1) is 8.19. The molecule has 2 rings (SSSR count). The number of benzene rings is 2. The van der Waals surface area contributed by atoms with Crippen LogP contribution in [0.2, 0.25) is 0 Å². The van der Waals surface area contributed by atoms with Crippen LogP contribution < -0.4 is 4.74 Å². The largest absolute Gasteiger partial charge is 0.457 e. The Morgan fingerprint density at radius 3 is 2.47 bits per heavy atom. The maximum Gasteiger partial charge on any atom is 0.133 e. The molecular weight excluding hydrogens is 239 g/mol. The Bertz CT molecular complexity index is 508. The van der Waals surface area contributed by atoms with Crippen LogP contribution in [0, 0.1) is 12.7 Å². The predicted octanol–water partition coefficient (Wildman–Crippen LogP) is 4.67. The van der Waals surface area contributed by atoms with Crippen LogP contribution in [0.5, 0.6) is 11.5 Å². The third kappa shape index (κ3) is 2.98. The molecule has 0 saturated heterocycles. The lowest BCUT2D eigenvalue weighted by molar-refractivity contribution is 0.473. The first-order valence-electron chi connectivity index (χ1n) is 5.28. The summed E-state index contributed by atoms with van der Waals surface area (Å²) in [5.41, 5.74) is 1.92. The Labute approximate surface area is 105 Å². The van der Waals surface area contributed by atoms with E-state index in [1.54, 1.807) is 6.07 Å². The lowest BCUT2D eigenvalue weighted by Gasteiger charge is -2.08. The molecule has 0 unspecified atom stereocenters. The summed E-state index contributed by atoms with van der Waals surface area (Å²) in [6.07, 6.45) is 0. The van der Waals surface area contributed by atoms with Crippen molar-refractivity contribution in [2.75, 3.05) is 0 Å². The maximum atomic E-state index is 13.1. The van der Waals surface area contributed by atoms with Gasteiger partial charge in [0.1, 0.15) is 17.3 Å². The number of alkyl halides is 1. The van der Waals surface area contributed by atoms with Gasteiger partial charge in [-0.15, -0.1) is 11.6 Å². The average molecular weight is 251 g/mol. The number of aryl methyl sites for hydroxylation is 1. The molecule has 0 bridgehead atoms. The lowest BCUT2D eigenvalue weighted by atomic mass is 10.2. The van der Waals surface area contributed by atoms with E-state index in [9.17, 15) is 4.39 Å². The van der Waals surface area contributed by atoms with E-state index in [0.717, 1.165) is 11.1 Å². The molecule has 17 heavy (non-hydrogen) atoms. The van der Waals surface area contributed by atoms with Crippen LogP contribution in [-0.2, 0) is 5.88 Å². The molecule has 0 amide bonds. The molecule has 0 aliphatic carbocycles. The molecule has 1 nitrogen and oxygen atoms in total. The summed E-state index contributed by atoms with van der Waals surface area (Å²) in [5.74, 6) is 1.37. The lowest BCUT2D eigenvalue weighted by Crippen LogP contribution is -1.89. The molecule has 0 atom stereocenters. The van der Waals surface area contributed by atoms with Gasteiger partial charge < -0.3 is 4.74 Å². The minimum absolute atomic E-state index is 0.303. The zero-order valence-corrected chi connectivity index (χ0v) is 10.2.